The van der Waals surface area contributed by atoms with Crippen molar-refractivity contribution in [3.63, 3.8) is 0 Å². The van der Waals surface area contributed by atoms with E-state index >= 15 is 0 Å². The highest BCUT2D eigenvalue weighted by Crippen LogP contribution is 2.25. The van der Waals surface area contributed by atoms with Crippen molar-refractivity contribution in [2.24, 2.45) is 5.73 Å². The first-order valence-electron chi connectivity index (χ1n) is 5.39. The van der Waals surface area contributed by atoms with E-state index in [1.54, 1.807) is 0 Å². The normalized spacial score (nSPS) is 10.3. The molecule has 15 heavy (non-hydrogen) atoms. The fourth-order valence-corrected chi connectivity index (χ4v) is 1.59. The lowest BCUT2D eigenvalue weighted by Gasteiger charge is -2.08. The van der Waals surface area contributed by atoms with Gasteiger partial charge in [-0.15, -0.1) is 0 Å². The van der Waals surface area contributed by atoms with Crippen molar-refractivity contribution in [3.05, 3.63) is 28.8 Å². The van der Waals surface area contributed by atoms with Crippen LogP contribution in [0.15, 0.2) is 18.2 Å². The lowest BCUT2D eigenvalue weighted by atomic mass is 10.1. The molecule has 0 amide bonds. The van der Waals surface area contributed by atoms with Gasteiger partial charge in [0, 0.05) is 0 Å². The summed E-state index contributed by atoms with van der Waals surface area (Å²) >= 11 is 6.09. The molecule has 1 aromatic rings. The molecule has 0 aromatic heterocycles. The maximum absolute atomic E-state index is 6.09. The van der Waals surface area contributed by atoms with Gasteiger partial charge < -0.3 is 10.5 Å². The second-order valence-corrected chi connectivity index (χ2v) is 3.91. The highest BCUT2D eigenvalue weighted by molar-refractivity contribution is 6.32. The van der Waals surface area contributed by atoms with Crippen LogP contribution in [-0.2, 0) is 6.42 Å². The SMILES string of the molecule is CCCOc1ccc(CCCN)cc1Cl. The van der Waals surface area contributed by atoms with E-state index in [4.69, 9.17) is 22.1 Å². The molecule has 0 spiro atoms. The minimum absolute atomic E-state index is 0.693. The van der Waals surface area contributed by atoms with Gasteiger partial charge in [0.25, 0.3) is 0 Å². The lowest BCUT2D eigenvalue weighted by molar-refractivity contribution is 0.317. The van der Waals surface area contributed by atoms with Crippen LogP contribution in [0.1, 0.15) is 25.3 Å². The van der Waals surface area contributed by atoms with Crippen LogP contribution >= 0.6 is 11.6 Å². The molecule has 1 aromatic carbocycles. The molecule has 0 saturated heterocycles. The molecule has 1 rings (SSSR count). The van der Waals surface area contributed by atoms with Crippen LogP contribution in [0.25, 0.3) is 0 Å². The van der Waals surface area contributed by atoms with Crippen LogP contribution in [0, 0.1) is 0 Å². The van der Waals surface area contributed by atoms with Crippen LogP contribution in [0.4, 0.5) is 0 Å². The van der Waals surface area contributed by atoms with Gasteiger partial charge in [-0.1, -0.05) is 24.6 Å². The molecule has 0 aliphatic rings. The van der Waals surface area contributed by atoms with E-state index in [-0.39, 0.29) is 0 Å². The summed E-state index contributed by atoms with van der Waals surface area (Å²) in [4.78, 5) is 0. The van der Waals surface area contributed by atoms with E-state index in [1.165, 1.54) is 5.56 Å². The minimum Gasteiger partial charge on any atom is -0.492 e. The molecular formula is C12H18ClNO. The Bertz CT molecular complexity index is 302. The average Bonchev–Trinajstić information content (AvgIpc) is 2.25. The van der Waals surface area contributed by atoms with Gasteiger partial charge in [-0.3, -0.25) is 0 Å². The van der Waals surface area contributed by atoms with Crippen LogP contribution in [-0.4, -0.2) is 13.2 Å². The third-order valence-electron chi connectivity index (χ3n) is 2.13. The second-order valence-electron chi connectivity index (χ2n) is 3.51. The molecule has 2 nitrogen and oxygen atoms in total. The molecule has 0 atom stereocenters. The summed E-state index contributed by atoms with van der Waals surface area (Å²) in [6, 6.07) is 5.94. The Morgan fingerprint density at radius 1 is 1.40 bits per heavy atom. The van der Waals surface area contributed by atoms with Crippen LogP contribution in [0.2, 0.25) is 5.02 Å². The van der Waals surface area contributed by atoms with Gasteiger partial charge in [0.05, 0.1) is 11.6 Å². The van der Waals surface area contributed by atoms with Crippen LogP contribution < -0.4 is 10.5 Å². The molecule has 2 N–H and O–H groups in total. The smallest absolute Gasteiger partial charge is 0.137 e. The average molecular weight is 228 g/mol. The first-order valence-corrected chi connectivity index (χ1v) is 5.77. The largest absolute Gasteiger partial charge is 0.492 e. The standard InChI is InChI=1S/C12H18ClNO/c1-2-8-15-12-6-5-10(4-3-7-14)9-11(12)13/h5-6,9H,2-4,7-8,14H2,1H3. The summed E-state index contributed by atoms with van der Waals surface area (Å²) in [5, 5.41) is 0.693. The van der Waals surface area contributed by atoms with Crippen molar-refractivity contribution in [3.8, 4) is 5.75 Å². The van der Waals surface area contributed by atoms with E-state index in [9.17, 15) is 0 Å². The summed E-state index contributed by atoms with van der Waals surface area (Å²) in [6.45, 7) is 3.50. The molecule has 3 heteroatoms. The maximum atomic E-state index is 6.09. The molecule has 0 aliphatic heterocycles. The Labute approximate surface area is 96.4 Å². The molecule has 0 bridgehead atoms. The van der Waals surface area contributed by atoms with E-state index in [1.807, 2.05) is 18.2 Å². The minimum atomic E-state index is 0.693. The Balaban J connectivity index is 2.61. The third-order valence-corrected chi connectivity index (χ3v) is 2.42. The quantitative estimate of drug-likeness (QED) is 0.811. The Hall–Kier alpha value is -0.730. The fraction of sp³-hybridized carbons (Fsp3) is 0.500. The second kappa shape index (κ2) is 6.70. The molecule has 0 aliphatic carbocycles. The molecule has 0 fully saturated rings. The number of hydrogen-bond donors (Lipinski definition) is 1. The Morgan fingerprint density at radius 2 is 2.20 bits per heavy atom. The number of benzene rings is 1. The van der Waals surface area contributed by atoms with Gasteiger partial charge in [-0.25, -0.2) is 0 Å². The predicted molar refractivity (Wildman–Crippen MR) is 64.6 cm³/mol. The van der Waals surface area contributed by atoms with Crippen molar-refractivity contribution in [2.45, 2.75) is 26.2 Å². The summed E-state index contributed by atoms with van der Waals surface area (Å²) in [5.74, 6) is 0.773. The Kier molecular flexibility index (Phi) is 5.51. The van der Waals surface area contributed by atoms with E-state index in [0.29, 0.717) is 18.2 Å². The molecular weight excluding hydrogens is 210 g/mol. The summed E-state index contributed by atoms with van der Waals surface area (Å²) in [6.07, 6.45) is 2.96. The number of aryl methyl sites for hydroxylation is 1. The monoisotopic (exact) mass is 227 g/mol. The topological polar surface area (TPSA) is 35.2 Å². The lowest BCUT2D eigenvalue weighted by Crippen LogP contribution is -2.00. The summed E-state index contributed by atoms with van der Waals surface area (Å²) in [5.41, 5.74) is 6.67. The zero-order valence-corrected chi connectivity index (χ0v) is 9.89. The zero-order chi connectivity index (χ0) is 11.1. The van der Waals surface area contributed by atoms with Gasteiger partial charge in [-0.05, 0) is 43.5 Å². The fourth-order valence-electron chi connectivity index (χ4n) is 1.34. The van der Waals surface area contributed by atoms with Crippen molar-refractivity contribution < 1.29 is 4.74 Å². The first-order chi connectivity index (χ1) is 7.27. The third kappa shape index (κ3) is 4.10. The van der Waals surface area contributed by atoms with Crippen molar-refractivity contribution >= 4 is 11.6 Å². The number of nitrogens with two attached hydrogens (primary N) is 1. The zero-order valence-electron chi connectivity index (χ0n) is 9.13. The van der Waals surface area contributed by atoms with E-state index < -0.39 is 0 Å². The van der Waals surface area contributed by atoms with Crippen LogP contribution in [0.3, 0.4) is 0 Å². The summed E-state index contributed by atoms with van der Waals surface area (Å²) < 4.78 is 5.49. The van der Waals surface area contributed by atoms with Gasteiger partial charge in [0.1, 0.15) is 5.75 Å². The number of halogens is 1. The molecule has 0 heterocycles. The van der Waals surface area contributed by atoms with Crippen LogP contribution in [0.5, 0.6) is 5.75 Å². The molecule has 0 radical (unpaired) electrons. The van der Waals surface area contributed by atoms with E-state index in [2.05, 4.69) is 6.92 Å². The number of rotatable bonds is 6. The molecule has 84 valence electrons. The van der Waals surface area contributed by atoms with E-state index in [0.717, 1.165) is 25.0 Å². The van der Waals surface area contributed by atoms with Gasteiger partial charge in [0.15, 0.2) is 0 Å². The molecule has 0 unspecified atom stereocenters. The van der Waals surface area contributed by atoms with Crippen molar-refractivity contribution in [2.75, 3.05) is 13.2 Å². The highest BCUT2D eigenvalue weighted by Gasteiger charge is 2.02. The number of hydrogen-bond acceptors (Lipinski definition) is 2. The predicted octanol–water partition coefficient (Wildman–Crippen LogP) is 3.02. The van der Waals surface area contributed by atoms with Gasteiger partial charge >= 0.3 is 0 Å². The highest BCUT2D eigenvalue weighted by atomic mass is 35.5. The van der Waals surface area contributed by atoms with Crippen molar-refractivity contribution in [1.29, 1.82) is 0 Å². The van der Waals surface area contributed by atoms with Gasteiger partial charge in [-0.2, -0.15) is 0 Å². The van der Waals surface area contributed by atoms with Crippen molar-refractivity contribution in [1.82, 2.24) is 0 Å². The number of ether oxygens (including phenoxy) is 1. The first kappa shape index (κ1) is 12.3. The maximum Gasteiger partial charge on any atom is 0.137 e. The summed E-state index contributed by atoms with van der Waals surface area (Å²) in [7, 11) is 0. The van der Waals surface area contributed by atoms with Gasteiger partial charge in [0.2, 0.25) is 0 Å². The Morgan fingerprint density at radius 3 is 2.80 bits per heavy atom. The molecule has 0 saturated carbocycles.